The Kier molecular flexibility index (Phi) is 4.42. The highest BCUT2D eigenvalue weighted by Crippen LogP contribution is 2.37. The molecule has 0 aliphatic heterocycles. The maximum Gasteiger partial charge on any atom is 0.379 e. The van der Waals surface area contributed by atoms with Gasteiger partial charge in [-0.05, 0) is 31.9 Å². The van der Waals surface area contributed by atoms with E-state index in [0.29, 0.717) is 10.8 Å². The van der Waals surface area contributed by atoms with Crippen molar-refractivity contribution in [3.8, 4) is 0 Å². The number of ketones is 1. The van der Waals surface area contributed by atoms with Gasteiger partial charge in [0.25, 0.3) is 5.78 Å². The molecule has 96 valence electrons. The zero-order valence-corrected chi connectivity index (χ0v) is 11.2. The number of benzene rings is 1. The standard InChI is InChI=1S/C14H16O3S/c1-2-17-14(16)13(15)11-8-3-4-9-12(11)18-10-6-5-7-10/h3-4,8-10H,2,5-7H2,1H3. The monoisotopic (exact) mass is 264 g/mol. The largest absolute Gasteiger partial charge is 0.460 e. The van der Waals surface area contributed by atoms with E-state index in [0.717, 1.165) is 4.90 Å². The van der Waals surface area contributed by atoms with E-state index < -0.39 is 11.8 Å². The van der Waals surface area contributed by atoms with Gasteiger partial charge in [-0.15, -0.1) is 11.8 Å². The Morgan fingerprint density at radius 1 is 1.33 bits per heavy atom. The van der Waals surface area contributed by atoms with E-state index in [2.05, 4.69) is 0 Å². The summed E-state index contributed by atoms with van der Waals surface area (Å²) < 4.78 is 4.76. The Hall–Kier alpha value is -1.29. The van der Waals surface area contributed by atoms with Gasteiger partial charge in [-0.25, -0.2) is 4.79 Å². The molecule has 0 atom stereocenters. The molecule has 1 aromatic rings. The van der Waals surface area contributed by atoms with Crippen LogP contribution in [0.4, 0.5) is 0 Å². The molecule has 4 heteroatoms. The molecule has 0 N–H and O–H groups in total. The average molecular weight is 264 g/mol. The van der Waals surface area contributed by atoms with Crippen LogP contribution < -0.4 is 0 Å². The number of ether oxygens (including phenoxy) is 1. The Morgan fingerprint density at radius 3 is 2.67 bits per heavy atom. The highest BCUT2D eigenvalue weighted by molar-refractivity contribution is 8.00. The maximum absolute atomic E-state index is 12.0. The SMILES string of the molecule is CCOC(=O)C(=O)c1ccccc1SC1CCC1. The Balaban J connectivity index is 2.15. The molecule has 0 unspecified atom stereocenters. The second kappa shape index (κ2) is 6.05. The number of hydrogen-bond acceptors (Lipinski definition) is 4. The molecule has 0 saturated heterocycles. The van der Waals surface area contributed by atoms with Crippen molar-refractivity contribution in [2.24, 2.45) is 0 Å². The Labute approximate surface area is 111 Å². The van der Waals surface area contributed by atoms with Crippen LogP contribution in [0.15, 0.2) is 29.2 Å². The van der Waals surface area contributed by atoms with Gasteiger partial charge < -0.3 is 4.74 Å². The number of Topliss-reactive ketones (excluding diaryl/α,β-unsaturated/α-hetero) is 1. The molecule has 0 amide bonds. The van der Waals surface area contributed by atoms with Crippen molar-refractivity contribution in [2.45, 2.75) is 36.3 Å². The third-order valence-electron chi connectivity index (χ3n) is 2.94. The third kappa shape index (κ3) is 2.93. The fourth-order valence-corrected chi connectivity index (χ4v) is 3.10. The molecule has 1 aliphatic carbocycles. The molecule has 0 heterocycles. The van der Waals surface area contributed by atoms with E-state index in [-0.39, 0.29) is 6.61 Å². The van der Waals surface area contributed by atoms with E-state index in [1.165, 1.54) is 19.3 Å². The van der Waals surface area contributed by atoms with Gasteiger partial charge in [-0.2, -0.15) is 0 Å². The van der Waals surface area contributed by atoms with E-state index in [9.17, 15) is 9.59 Å². The molecular weight excluding hydrogens is 248 g/mol. The van der Waals surface area contributed by atoms with Gasteiger partial charge in [0.15, 0.2) is 0 Å². The first kappa shape index (κ1) is 13.1. The molecule has 3 nitrogen and oxygen atoms in total. The number of carbonyl (C=O) groups is 2. The first-order valence-corrected chi connectivity index (χ1v) is 7.07. The Bertz CT molecular complexity index is 452. The van der Waals surface area contributed by atoms with Crippen LogP contribution in [0.1, 0.15) is 36.5 Å². The summed E-state index contributed by atoms with van der Waals surface area (Å²) in [4.78, 5) is 24.3. The summed E-state index contributed by atoms with van der Waals surface area (Å²) in [5.74, 6) is -1.31. The molecule has 1 aromatic carbocycles. The fraction of sp³-hybridized carbons (Fsp3) is 0.429. The lowest BCUT2D eigenvalue weighted by atomic mass is 10.00. The van der Waals surface area contributed by atoms with Gasteiger partial charge >= 0.3 is 5.97 Å². The predicted octanol–water partition coefficient (Wildman–Crippen LogP) is 3.08. The molecule has 1 aliphatic rings. The molecule has 1 fully saturated rings. The summed E-state index contributed by atoms with van der Waals surface area (Å²) >= 11 is 1.69. The van der Waals surface area contributed by atoms with E-state index in [1.54, 1.807) is 30.8 Å². The van der Waals surface area contributed by atoms with Crippen LogP contribution >= 0.6 is 11.8 Å². The van der Waals surface area contributed by atoms with Gasteiger partial charge in [0.05, 0.1) is 6.61 Å². The minimum atomic E-state index is -0.765. The summed E-state index contributed by atoms with van der Waals surface area (Å²) in [7, 11) is 0. The van der Waals surface area contributed by atoms with Crippen LogP contribution in [-0.4, -0.2) is 23.6 Å². The highest BCUT2D eigenvalue weighted by atomic mass is 32.2. The van der Waals surface area contributed by atoms with E-state index in [4.69, 9.17) is 4.74 Å². The van der Waals surface area contributed by atoms with E-state index in [1.807, 2.05) is 12.1 Å². The number of esters is 1. The lowest BCUT2D eigenvalue weighted by Crippen LogP contribution is -2.19. The second-order valence-electron chi connectivity index (χ2n) is 4.22. The summed E-state index contributed by atoms with van der Waals surface area (Å²) in [5.41, 5.74) is 0.466. The number of carbonyl (C=O) groups excluding carboxylic acids is 2. The fourth-order valence-electron chi connectivity index (χ4n) is 1.73. The van der Waals surface area contributed by atoms with Crippen molar-refractivity contribution >= 4 is 23.5 Å². The molecule has 2 rings (SSSR count). The van der Waals surface area contributed by atoms with Crippen LogP contribution in [0.25, 0.3) is 0 Å². The number of rotatable bonds is 5. The lowest BCUT2D eigenvalue weighted by Gasteiger charge is -2.25. The van der Waals surface area contributed by atoms with Crippen LogP contribution in [0.3, 0.4) is 0 Å². The van der Waals surface area contributed by atoms with Crippen molar-refractivity contribution in [3.63, 3.8) is 0 Å². The van der Waals surface area contributed by atoms with Crippen LogP contribution in [0.5, 0.6) is 0 Å². The van der Waals surface area contributed by atoms with Crippen LogP contribution in [0.2, 0.25) is 0 Å². The highest BCUT2D eigenvalue weighted by Gasteiger charge is 2.24. The molecule has 18 heavy (non-hydrogen) atoms. The first-order chi connectivity index (χ1) is 8.72. The normalized spacial score (nSPS) is 14.9. The summed E-state index contributed by atoms with van der Waals surface area (Å²) in [5, 5.41) is 0.584. The predicted molar refractivity (Wildman–Crippen MR) is 70.9 cm³/mol. The quantitative estimate of drug-likeness (QED) is 0.465. The van der Waals surface area contributed by atoms with Crippen molar-refractivity contribution in [1.82, 2.24) is 0 Å². The molecule has 0 bridgehead atoms. The molecule has 0 aromatic heterocycles. The second-order valence-corrected chi connectivity index (χ2v) is 5.56. The number of hydrogen-bond donors (Lipinski definition) is 0. The van der Waals surface area contributed by atoms with Gasteiger partial charge in [-0.3, -0.25) is 4.79 Å². The van der Waals surface area contributed by atoms with Crippen LogP contribution in [-0.2, 0) is 9.53 Å². The summed E-state index contributed by atoms with van der Waals surface area (Å²) in [6.07, 6.45) is 3.63. The van der Waals surface area contributed by atoms with Crippen molar-refractivity contribution in [1.29, 1.82) is 0 Å². The third-order valence-corrected chi connectivity index (χ3v) is 4.35. The number of thioether (sulfide) groups is 1. The van der Waals surface area contributed by atoms with Gasteiger partial charge in [0.2, 0.25) is 0 Å². The summed E-state index contributed by atoms with van der Waals surface area (Å²) in [6, 6.07) is 7.26. The van der Waals surface area contributed by atoms with Crippen LogP contribution in [0, 0.1) is 0 Å². The molecule has 1 saturated carbocycles. The topological polar surface area (TPSA) is 43.4 Å². The molecular formula is C14H16O3S. The van der Waals surface area contributed by atoms with Crippen molar-refractivity contribution < 1.29 is 14.3 Å². The maximum atomic E-state index is 12.0. The van der Waals surface area contributed by atoms with Gasteiger partial charge in [0.1, 0.15) is 0 Å². The molecule has 0 radical (unpaired) electrons. The van der Waals surface area contributed by atoms with Crippen molar-refractivity contribution in [2.75, 3.05) is 6.61 Å². The minimum Gasteiger partial charge on any atom is -0.460 e. The Morgan fingerprint density at radius 2 is 2.06 bits per heavy atom. The summed E-state index contributed by atoms with van der Waals surface area (Å²) in [6.45, 7) is 1.92. The smallest absolute Gasteiger partial charge is 0.379 e. The molecule has 0 spiro atoms. The zero-order valence-electron chi connectivity index (χ0n) is 10.3. The van der Waals surface area contributed by atoms with Gasteiger partial charge in [-0.1, -0.05) is 18.6 Å². The zero-order chi connectivity index (χ0) is 13.0. The average Bonchev–Trinajstić information content (AvgIpc) is 2.34. The minimum absolute atomic E-state index is 0.225. The van der Waals surface area contributed by atoms with E-state index >= 15 is 0 Å². The first-order valence-electron chi connectivity index (χ1n) is 6.19. The van der Waals surface area contributed by atoms with Gasteiger partial charge in [0, 0.05) is 15.7 Å². The van der Waals surface area contributed by atoms with Crippen molar-refractivity contribution in [3.05, 3.63) is 29.8 Å². The lowest BCUT2D eigenvalue weighted by molar-refractivity contribution is -0.137.